The SMILES string of the molecule is COC(=O)N[C@@H](C(=O)N1CCC[C@H]1c1ncc(-c2ccc(-c3ccc(-c4nc([C@@H]5CCCN5C(=O)[C@H](NC(=O)OC)c5ccccc5)[nH]c4C(=O)OC)cc3)cc2)[nH]1)c1ccccc1. The average Bonchev–Trinajstić information content (AvgIpc) is 4.20. The summed E-state index contributed by atoms with van der Waals surface area (Å²) < 4.78 is 14.8. The molecule has 0 unspecified atom stereocenters. The summed E-state index contributed by atoms with van der Waals surface area (Å²) in [6.07, 6.45) is 3.15. The van der Waals surface area contributed by atoms with Crippen LogP contribution in [0.4, 0.5) is 9.59 Å². The third-order valence-corrected chi connectivity index (χ3v) is 11.8. The number of benzene rings is 4. The number of likely N-dealkylation sites (tertiary alicyclic amines) is 2. The molecule has 4 N–H and O–H groups in total. The highest BCUT2D eigenvalue weighted by molar-refractivity contribution is 5.95. The Labute approximate surface area is 369 Å². The van der Waals surface area contributed by atoms with Crippen LogP contribution in [-0.4, -0.2) is 94.1 Å². The first kappa shape index (κ1) is 42.9. The maximum atomic E-state index is 14.1. The van der Waals surface area contributed by atoms with Gasteiger partial charge in [-0.25, -0.2) is 24.4 Å². The maximum absolute atomic E-state index is 14.1. The second-order valence-corrected chi connectivity index (χ2v) is 15.5. The minimum absolute atomic E-state index is 0.166. The summed E-state index contributed by atoms with van der Waals surface area (Å²) in [5, 5.41) is 5.38. The Morgan fingerprint density at radius 1 is 0.594 bits per heavy atom. The molecule has 2 fully saturated rings. The van der Waals surface area contributed by atoms with Crippen molar-refractivity contribution in [3.63, 3.8) is 0 Å². The summed E-state index contributed by atoms with van der Waals surface area (Å²) in [4.78, 5) is 85.3. The molecule has 64 heavy (non-hydrogen) atoms. The molecule has 0 spiro atoms. The van der Waals surface area contributed by atoms with Gasteiger partial charge < -0.3 is 44.6 Å². The second-order valence-electron chi connectivity index (χ2n) is 15.5. The van der Waals surface area contributed by atoms with Crippen molar-refractivity contribution in [3.05, 3.63) is 144 Å². The van der Waals surface area contributed by atoms with Crippen molar-refractivity contribution in [2.75, 3.05) is 34.4 Å². The number of aromatic amines is 2. The van der Waals surface area contributed by atoms with Crippen LogP contribution in [0.25, 0.3) is 33.6 Å². The van der Waals surface area contributed by atoms with Crippen LogP contribution in [0, 0.1) is 0 Å². The monoisotopic (exact) mass is 864 g/mol. The third kappa shape index (κ3) is 8.93. The molecule has 6 aromatic rings. The fourth-order valence-corrected chi connectivity index (χ4v) is 8.50. The molecule has 328 valence electrons. The lowest BCUT2D eigenvalue weighted by atomic mass is 10.0. The normalized spacial score (nSPS) is 16.7. The van der Waals surface area contributed by atoms with Crippen LogP contribution in [0.1, 0.15) is 83.1 Å². The van der Waals surface area contributed by atoms with Gasteiger partial charge in [0.15, 0.2) is 5.69 Å². The van der Waals surface area contributed by atoms with Crippen LogP contribution in [0.15, 0.2) is 115 Å². The van der Waals surface area contributed by atoms with E-state index in [9.17, 15) is 24.0 Å². The molecule has 2 aliphatic rings. The predicted molar refractivity (Wildman–Crippen MR) is 235 cm³/mol. The average molecular weight is 865 g/mol. The van der Waals surface area contributed by atoms with Gasteiger partial charge in [-0.05, 0) is 53.5 Å². The van der Waals surface area contributed by atoms with Crippen molar-refractivity contribution in [1.82, 2.24) is 40.4 Å². The predicted octanol–water partition coefficient (Wildman–Crippen LogP) is 7.44. The molecule has 0 bridgehead atoms. The fraction of sp³-hybridized carbons (Fsp3) is 0.271. The number of rotatable bonds is 12. The number of nitrogens with one attached hydrogen (secondary N) is 4. The first-order valence-electron chi connectivity index (χ1n) is 21.0. The van der Waals surface area contributed by atoms with E-state index in [0.717, 1.165) is 35.2 Å². The number of ether oxygens (including phenoxy) is 3. The minimum atomic E-state index is -0.986. The number of nitrogens with zero attached hydrogens (tertiary/aromatic N) is 4. The highest BCUT2D eigenvalue weighted by Crippen LogP contribution is 2.37. The first-order chi connectivity index (χ1) is 31.2. The number of aromatic nitrogens is 4. The van der Waals surface area contributed by atoms with E-state index in [1.807, 2.05) is 72.8 Å². The molecule has 16 nitrogen and oxygen atoms in total. The molecule has 4 amide bonds. The Morgan fingerprint density at radius 2 is 1.06 bits per heavy atom. The van der Waals surface area contributed by atoms with E-state index >= 15 is 0 Å². The van der Waals surface area contributed by atoms with Gasteiger partial charge in [0.1, 0.15) is 29.4 Å². The van der Waals surface area contributed by atoms with E-state index in [1.54, 1.807) is 52.4 Å². The van der Waals surface area contributed by atoms with E-state index in [-0.39, 0.29) is 23.6 Å². The van der Waals surface area contributed by atoms with Crippen LogP contribution < -0.4 is 10.6 Å². The van der Waals surface area contributed by atoms with Crippen molar-refractivity contribution in [2.45, 2.75) is 49.9 Å². The van der Waals surface area contributed by atoms with E-state index in [2.05, 4.69) is 20.6 Å². The lowest BCUT2D eigenvalue weighted by Crippen LogP contribution is -2.42. The van der Waals surface area contributed by atoms with Crippen molar-refractivity contribution in [2.24, 2.45) is 0 Å². The summed E-state index contributed by atoms with van der Waals surface area (Å²) in [7, 11) is 3.82. The van der Waals surface area contributed by atoms with E-state index in [4.69, 9.17) is 24.2 Å². The number of methoxy groups -OCH3 is 3. The Morgan fingerprint density at radius 3 is 1.55 bits per heavy atom. The zero-order valence-corrected chi connectivity index (χ0v) is 35.6. The molecule has 16 heteroatoms. The van der Waals surface area contributed by atoms with E-state index in [0.29, 0.717) is 60.0 Å². The number of amides is 4. The van der Waals surface area contributed by atoms with Crippen molar-refractivity contribution >= 4 is 30.0 Å². The molecular formula is C48H48N8O8. The Bertz CT molecular complexity index is 2610. The summed E-state index contributed by atoms with van der Waals surface area (Å²) in [6, 6.07) is 31.1. The standard InChI is InChI=1S/C48H48N8O8/c1-62-46(59)41-38(51-43(52-41)37-17-11-27-56(37)45(58)40(54-48(61)64-3)33-14-8-5-9-15-33)34-24-20-30(21-25-34)29-18-22-31(23-19-29)35-28-49-42(50-35)36-16-10-26-55(36)44(57)39(53-47(60)63-2)32-12-6-4-7-13-32/h4-9,12-15,18-25,28,36-37,39-40H,10-11,16-17,26-27H2,1-3H3,(H,49,50)(H,51,52)(H,53,60)(H,54,61)/t36-,37-,39+,40+/m0/s1. The van der Waals surface area contributed by atoms with Gasteiger partial charge in [-0.3, -0.25) is 9.59 Å². The van der Waals surface area contributed by atoms with Gasteiger partial charge in [0.05, 0.1) is 45.3 Å². The molecule has 0 radical (unpaired) electrons. The zero-order valence-electron chi connectivity index (χ0n) is 35.6. The number of alkyl carbamates (subject to hydrolysis) is 2. The van der Waals surface area contributed by atoms with Gasteiger partial charge in [0.2, 0.25) is 0 Å². The zero-order chi connectivity index (χ0) is 44.7. The molecule has 2 aromatic heterocycles. The summed E-state index contributed by atoms with van der Waals surface area (Å²) in [5.41, 5.74) is 6.09. The smallest absolute Gasteiger partial charge is 0.407 e. The number of carbonyl (C=O) groups is 5. The number of esters is 1. The van der Waals surface area contributed by atoms with Gasteiger partial charge in [0, 0.05) is 18.7 Å². The number of carbonyl (C=O) groups excluding carboxylic acids is 5. The Kier molecular flexibility index (Phi) is 12.8. The van der Waals surface area contributed by atoms with E-state index < -0.39 is 36.3 Å². The maximum Gasteiger partial charge on any atom is 0.407 e. The largest absolute Gasteiger partial charge is 0.464 e. The molecule has 2 aliphatic heterocycles. The number of hydrogen-bond acceptors (Lipinski definition) is 10. The lowest BCUT2D eigenvalue weighted by Gasteiger charge is -2.28. The van der Waals surface area contributed by atoms with Gasteiger partial charge in [-0.15, -0.1) is 0 Å². The molecule has 8 rings (SSSR count). The highest BCUT2D eigenvalue weighted by Gasteiger charge is 2.39. The van der Waals surface area contributed by atoms with E-state index in [1.165, 1.54) is 21.3 Å². The van der Waals surface area contributed by atoms with Gasteiger partial charge >= 0.3 is 18.2 Å². The van der Waals surface area contributed by atoms with Gasteiger partial charge in [0.25, 0.3) is 11.8 Å². The van der Waals surface area contributed by atoms with Crippen molar-refractivity contribution in [1.29, 1.82) is 0 Å². The summed E-state index contributed by atoms with van der Waals surface area (Å²) in [6.45, 7) is 0.958. The Hall–Kier alpha value is -7.75. The van der Waals surface area contributed by atoms with Crippen molar-refractivity contribution in [3.8, 4) is 33.6 Å². The number of imidazole rings is 2. The van der Waals surface area contributed by atoms with Gasteiger partial charge in [-0.1, -0.05) is 109 Å². The van der Waals surface area contributed by atoms with Crippen LogP contribution in [0.5, 0.6) is 0 Å². The third-order valence-electron chi connectivity index (χ3n) is 11.8. The lowest BCUT2D eigenvalue weighted by molar-refractivity contribution is -0.135. The molecule has 0 saturated carbocycles. The number of hydrogen-bond donors (Lipinski definition) is 4. The minimum Gasteiger partial charge on any atom is -0.464 e. The van der Waals surface area contributed by atoms with Gasteiger partial charge in [-0.2, -0.15) is 0 Å². The summed E-state index contributed by atoms with van der Waals surface area (Å²) >= 11 is 0. The van der Waals surface area contributed by atoms with Crippen LogP contribution in [0.3, 0.4) is 0 Å². The van der Waals surface area contributed by atoms with Crippen LogP contribution in [0.2, 0.25) is 0 Å². The fourth-order valence-electron chi connectivity index (χ4n) is 8.50. The molecular weight excluding hydrogens is 817 g/mol. The summed E-state index contributed by atoms with van der Waals surface area (Å²) in [5.74, 6) is -0.0574. The van der Waals surface area contributed by atoms with Crippen LogP contribution >= 0.6 is 0 Å². The van der Waals surface area contributed by atoms with Crippen LogP contribution in [-0.2, 0) is 23.8 Å². The molecule has 4 aromatic carbocycles. The number of H-pyrrole nitrogens is 2. The topological polar surface area (TPSA) is 201 Å². The molecule has 4 atom stereocenters. The first-order valence-corrected chi connectivity index (χ1v) is 21.0. The quantitative estimate of drug-likeness (QED) is 0.0708. The molecule has 0 aliphatic carbocycles. The van der Waals surface area contributed by atoms with Crippen molar-refractivity contribution < 1.29 is 38.2 Å². The highest BCUT2D eigenvalue weighted by atomic mass is 16.5. The molecule has 2 saturated heterocycles. The second kappa shape index (κ2) is 19.1. The Balaban J connectivity index is 0.980. The molecule has 4 heterocycles.